The first-order valence-electron chi connectivity index (χ1n) is 4.57. The third-order valence-corrected chi connectivity index (χ3v) is 2.13. The lowest BCUT2D eigenvalue weighted by Crippen LogP contribution is -1.92. The van der Waals surface area contributed by atoms with E-state index in [1.807, 2.05) is 0 Å². The van der Waals surface area contributed by atoms with Crippen LogP contribution in [0.1, 0.15) is 0 Å². The van der Waals surface area contributed by atoms with Crippen molar-refractivity contribution in [1.82, 2.24) is 4.98 Å². The van der Waals surface area contributed by atoms with Crippen molar-refractivity contribution in [2.24, 2.45) is 0 Å². The van der Waals surface area contributed by atoms with Crippen LogP contribution in [0.3, 0.4) is 0 Å². The molecule has 15 heavy (non-hydrogen) atoms. The summed E-state index contributed by atoms with van der Waals surface area (Å²) in [4.78, 5) is 4.03. The largest absolute Gasteiger partial charge is 0.481 e. The summed E-state index contributed by atoms with van der Waals surface area (Å²) in [6, 6.07) is 10.1. The molecule has 0 amide bonds. The monoisotopic (exact) mass is 203 g/mol. The molecule has 0 spiro atoms. The van der Waals surface area contributed by atoms with Crippen LogP contribution in [0.2, 0.25) is 0 Å². The van der Waals surface area contributed by atoms with Gasteiger partial charge >= 0.3 is 0 Å². The van der Waals surface area contributed by atoms with E-state index in [1.54, 1.807) is 36.5 Å². The number of halogens is 1. The van der Waals surface area contributed by atoms with Crippen LogP contribution >= 0.6 is 0 Å². The topological polar surface area (TPSA) is 22.1 Å². The number of methoxy groups -OCH3 is 1. The SMILES string of the molecule is COc1ncccc1-c1ccccc1F. The fourth-order valence-electron chi connectivity index (χ4n) is 1.44. The van der Waals surface area contributed by atoms with Crippen molar-refractivity contribution < 1.29 is 9.13 Å². The molecule has 1 heterocycles. The molecule has 0 aliphatic heterocycles. The van der Waals surface area contributed by atoms with Gasteiger partial charge in [0.15, 0.2) is 0 Å². The van der Waals surface area contributed by atoms with Crippen LogP contribution in [-0.4, -0.2) is 12.1 Å². The number of nitrogens with zero attached hydrogens (tertiary/aromatic N) is 1. The van der Waals surface area contributed by atoms with Gasteiger partial charge in [0.05, 0.1) is 7.11 Å². The van der Waals surface area contributed by atoms with Crippen LogP contribution in [0.5, 0.6) is 5.88 Å². The third kappa shape index (κ3) is 1.81. The van der Waals surface area contributed by atoms with Crippen LogP contribution in [-0.2, 0) is 0 Å². The van der Waals surface area contributed by atoms with Crippen molar-refractivity contribution in [3.05, 3.63) is 48.4 Å². The van der Waals surface area contributed by atoms with Gasteiger partial charge in [-0.15, -0.1) is 0 Å². The Morgan fingerprint density at radius 2 is 1.80 bits per heavy atom. The van der Waals surface area contributed by atoms with Gasteiger partial charge in [-0.2, -0.15) is 0 Å². The number of ether oxygens (including phenoxy) is 1. The maximum Gasteiger partial charge on any atom is 0.221 e. The highest BCUT2D eigenvalue weighted by Crippen LogP contribution is 2.29. The van der Waals surface area contributed by atoms with Gasteiger partial charge in [0, 0.05) is 17.3 Å². The standard InChI is InChI=1S/C12H10FNO/c1-15-12-10(6-4-8-14-12)9-5-2-3-7-11(9)13/h2-8H,1H3. The molecule has 0 aliphatic rings. The van der Waals surface area contributed by atoms with Crippen molar-refractivity contribution >= 4 is 0 Å². The molecule has 0 fully saturated rings. The summed E-state index contributed by atoms with van der Waals surface area (Å²) in [6.07, 6.45) is 1.61. The van der Waals surface area contributed by atoms with Crippen LogP contribution in [0.15, 0.2) is 42.6 Å². The zero-order valence-corrected chi connectivity index (χ0v) is 8.27. The molecule has 1 aromatic heterocycles. The lowest BCUT2D eigenvalue weighted by atomic mass is 10.1. The molecule has 1 aromatic carbocycles. The van der Waals surface area contributed by atoms with E-state index in [2.05, 4.69) is 4.98 Å². The van der Waals surface area contributed by atoms with Gasteiger partial charge in [-0.3, -0.25) is 0 Å². The van der Waals surface area contributed by atoms with Gasteiger partial charge in [0.25, 0.3) is 0 Å². The molecule has 0 saturated carbocycles. The van der Waals surface area contributed by atoms with E-state index in [4.69, 9.17) is 4.74 Å². The summed E-state index contributed by atoms with van der Waals surface area (Å²) in [6.45, 7) is 0. The van der Waals surface area contributed by atoms with E-state index in [1.165, 1.54) is 13.2 Å². The predicted molar refractivity (Wildman–Crippen MR) is 56.2 cm³/mol. The number of hydrogen-bond donors (Lipinski definition) is 0. The number of hydrogen-bond acceptors (Lipinski definition) is 2. The quantitative estimate of drug-likeness (QED) is 0.748. The second-order valence-corrected chi connectivity index (χ2v) is 3.04. The lowest BCUT2D eigenvalue weighted by Gasteiger charge is -2.07. The van der Waals surface area contributed by atoms with Crippen LogP contribution < -0.4 is 4.74 Å². The first-order valence-corrected chi connectivity index (χ1v) is 4.57. The van der Waals surface area contributed by atoms with Gasteiger partial charge in [0.1, 0.15) is 5.82 Å². The smallest absolute Gasteiger partial charge is 0.221 e. The molecule has 0 aliphatic carbocycles. The predicted octanol–water partition coefficient (Wildman–Crippen LogP) is 2.90. The van der Waals surface area contributed by atoms with Gasteiger partial charge in [-0.25, -0.2) is 9.37 Å². The Labute approximate surface area is 87.4 Å². The van der Waals surface area contributed by atoms with E-state index in [0.29, 0.717) is 17.0 Å². The molecule has 0 saturated heterocycles. The van der Waals surface area contributed by atoms with Crippen molar-refractivity contribution in [2.45, 2.75) is 0 Å². The molecule has 0 radical (unpaired) electrons. The maximum absolute atomic E-state index is 13.5. The molecule has 3 heteroatoms. The lowest BCUT2D eigenvalue weighted by molar-refractivity contribution is 0.399. The molecule has 2 rings (SSSR count). The average Bonchev–Trinajstić information content (AvgIpc) is 2.30. The van der Waals surface area contributed by atoms with Gasteiger partial charge < -0.3 is 4.74 Å². The summed E-state index contributed by atoms with van der Waals surface area (Å²) in [5.41, 5.74) is 1.17. The van der Waals surface area contributed by atoms with Crippen LogP contribution in [0.4, 0.5) is 4.39 Å². The fourth-order valence-corrected chi connectivity index (χ4v) is 1.44. The second kappa shape index (κ2) is 4.09. The molecule has 0 atom stereocenters. The number of aromatic nitrogens is 1. The van der Waals surface area contributed by atoms with Crippen molar-refractivity contribution in [3.63, 3.8) is 0 Å². The number of benzene rings is 1. The first-order chi connectivity index (χ1) is 7.33. The highest BCUT2D eigenvalue weighted by molar-refractivity contribution is 5.68. The van der Waals surface area contributed by atoms with E-state index >= 15 is 0 Å². The Balaban J connectivity index is 2.59. The molecular formula is C12H10FNO. The highest BCUT2D eigenvalue weighted by Gasteiger charge is 2.09. The van der Waals surface area contributed by atoms with Crippen molar-refractivity contribution in [2.75, 3.05) is 7.11 Å². The van der Waals surface area contributed by atoms with Gasteiger partial charge in [-0.1, -0.05) is 18.2 Å². The van der Waals surface area contributed by atoms with Crippen LogP contribution in [0, 0.1) is 5.82 Å². The minimum absolute atomic E-state index is 0.274. The Morgan fingerprint density at radius 1 is 1.07 bits per heavy atom. The summed E-state index contributed by atoms with van der Waals surface area (Å²) < 4.78 is 18.6. The van der Waals surface area contributed by atoms with Gasteiger partial charge in [0.2, 0.25) is 5.88 Å². The minimum atomic E-state index is -0.274. The second-order valence-electron chi connectivity index (χ2n) is 3.04. The van der Waals surface area contributed by atoms with E-state index in [9.17, 15) is 4.39 Å². The molecule has 0 unspecified atom stereocenters. The molecule has 2 nitrogen and oxygen atoms in total. The number of rotatable bonds is 2. The minimum Gasteiger partial charge on any atom is -0.481 e. The normalized spacial score (nSPS) is 10.0. The Bertz CT molecular complexity index is 471. The fraction of sp³-hybridized carbons (Fsp3) is 0.0833. The molecule has 0 bridgehead atoms. The summed E-state index contributed by atoms with van der Waals surface area (Å²) >= 11 is 0. The van der Waals surface area contributed by atoms with E-state index < -0.39 is 0 Å². The maximum atomic E-state index is 13.5. The van der Waals surface area contributed by atoms with Crippen LogP contribution in [0.25, 0.3) is 11.1 Å². The summed E-state index contributed by atoms with van der Waals surface area (Å²) in [5, 5.41) is 0. The zero-order chi connectivity index (χ0) is 10.7. The molecule has 0 N–H and O–H groups in total. The van der Waals surface area contributed by atoms with Crippen molar-refractivity contribution in [3.8, 4) is 17.0 Å². The molecule has 76 valence electrons. The highest BCUT2D eigenvalue weighted by atomic mass is 19.1. The zero-order valence-electron chi connectivity index (χ0n) is 8.27. The van der Waals surface area contributed by atoms with Crippen molar-refractivity contribution in [1.29, 1.82) is 0 Å². The Hall–Kier alpha value is -1.90. The molecular weight excluding hydrogens is 193 g/mol. The van der Waals surface area contributed by atoms with E-state index in [0.717, 1.165) is 0 Å². The van der Waals surface area contributed by atoms with E-state index in [-0.39, 0.29) is 5.82 Å². The number of pyridine rings is 1. The van der Waals surface area contributed by atoms with Gasteiger partial charge in [-0.05, 0) is 18.2 Å². The average molecular weight is 203 g/mol. The summed E-state index contributed by atoms with van der Waals surface area (Å²) in [5.74, 6) is 0.159. The Morgan fingerprint density at radius 3 is 2.53 bits per heavy atom. The Kier molecular flexibility index (Phi) is 2.63. The first kappa shape index (κ1) is 9.65. The summed E-state index contributed by atoms with van der Waals surface area (Å²) in [7, 11) is 1.52. The third-order valence-electron chi connectivity index (χ3n) is 2.13. The molecule has 2 aromatic rings.